The average Bonchev–Trinajstić information content (AvgIpc) is 2.84. The standard InChI is InChI=1S/C21H28O/c1-13(2)19-8-9-20-18-6-4-14-12-15(22)5-7-16(14)17(18)10-11-21(19,20)3/h5,7,12,17-20,22H,1,4,6,8-11H2,2-3H3/t17-,18-,19-,20+,21-/m1/s1. The molecule has 1 aromatic carbocycles. The van der Waals surface area contributed by atoms with E-state index >= 15 is 0 Å². The van der Waals surface area contributed by atoms with Gasteiger partial charge < -0.3 is 5.11 Å². The third-order valence-corrected chi connectivity index (χ3v) is 7.31. The molecule has 2 fully saturated rings. The zero-order valence-corrected chi connectivity index (χ0v) is 13.9. The van der Waals surface area contributed by atoms with Crippen LogP contribution in [0.3, 0.4) is 0 Å². The van der Waals surface area contributed by atoms with Crippen molar-refractivity contribution < 1.29 is 5.11 Å². The molecule has 0 bridgehead atoms. The van der Waals surface area contributed by atoms with E-state index in [1.807, 2.05) is 12.1 Å². The van der Waals surface area contributed by atoms with Crippen molar-refractivity contribution >= 4 is 0 Å². The molecule has 4 rings (SSSR count). The maximum absolute atomic E-state index is 9.76. The van der Waals surface area contributed by atoms with Gasteiger partial charge in [-0.05, 0) is 97.8 Å². The van der Waals surface area contributed by atoms with Crippen LogP contribution < -0.4 is 0 Å². The Morgan fingerprint density at radius 3 is 2.82 bits per heavy atom. The third kappa shape index (κ3) is 1.90. The summed E-state index contributed by atoms with van der Waals surface area (Å²) in [6, 6.07) is 6.10. The van der Waals surface area contributed by atoms with E-state index in [0.29, 0.717) is 11.2 Å². The van der Waals surface area contributed by atoms with Crippen molar-refractivity contribution in [3.63, 3.8) is 0 Å². The Kier molecular flexibility index (Phi) is 3.18. The highest BCUT2D eigenvalue weighted by Crippen LogP contribution is 2.64. The van der Waals surface area contributed by atoms with Crippen LogP contribution in [-0.4, -0.2) is 5.11 Å². The van der Waals surface area contributed by atoms with Crippen LogP contribution >= 0.6 is 0 Å². The Labute approximate surface area is 134 Å². The lowest BCUT2D eigenvalue weighted by Gasteiger charge is -2.51. The molecule has 3 aliphatic rings. The summed E-state index contributed by atoms with van der Waals surface area (Å²) in [7, 11) is 0. The Hall–Kier alpha value is -1.24. The first-order valence-corrected chi connectivity index (χ1v) is 8.98. The number of phenols is 1. The minimum absolute atomic E-state index is 0.432. The minimum Gasteiger partial charge on any atom is -0.508 e. The van der Waals surface area contributed by atoms with E-state index in [9.17, 15) is 5.11 Å². The Bertz CT molecular complexity index is 616. The molecule has 0 unspecified atom stereocenters. The van der Waals surface area contributed by atoms with Crippen LogP contribution in [0.5, 0.6) is 5.75 Å². The Balaban J connectivity index is 1.69. The van der Waals surface area contributed by atoms with Crippen LogP contribution in [0, 0.1) is 23.2 Å². The van der Waals surface area contributed by atoms with Gasteiger partial charge in [-0.1, -0.05) is 25.1 Å². The van der Waals surface area contributed by atoms with Crippen molar-refractivity contribution in [1.29, 1.82) is 0 Å². The van der Waals surface area contributed by atoms with Crippen LogP contribution in [0.1, 0.15) is 63.0 Å². The van der Waals surface area contributed by atoms with Crippen molar-refractivity contribution in [3.05, 3.63) is 41.5 Å². The molecule has 0 spiro atoms. The van der Waals surface area contributed by atoms with Crippen molar-refractivity contribution in [3.8, 4) is 5.75 Å². The minimum atomic E-state index is 0.432. The number of fused-ring (bicyclic) bond motifs is 5. The molecule has 0 heterocycles. The molecule has 1 nitrogen and oxygen atoms in total. The largest absolute Gasteiger partial charge is 0.508 e. The van der Waals surface area contributed by atoms with Gasteiger partial charge in [-0.3, -0.25) is 0 Å². The highest BCUT2D eigenvalue weighted by molar-refractivity contribution is 5.40. The van der Waals surface area contributed by atoms with Crippen molar-refractivity contribution in [2.45, 2.75) is 58.3 Å². The second-order valence-electron chi connectivity index (χ2n) is 8.32. The SMILES string of the molecule is C=C(C)[C@H]1CC[C@H]2[C@@H]3CCc4cc(O)ccc4[C@H]3CC[C@]12C. The van der Waals surface area contributed by atoms with Gasteiger partial charge >= 0.3 is 0 Å². The zero-order valence-electron chi connectivity index (χ0n) is 13.9. The number of aryl methyl sites for hydroxylation is 1. The second-order valence-corrected chi connectivity index (χ2v) is 8.32. The summed E-state index contributed by atoms with van der Waals surface area (Å²) in [5, 5.41) is 9.76. The maximum Gasteiger partial charge on any atom is 0.115 e. The lowest BCUT2D eigenvalue weighted by atomic mass is 9.53. The summed E-state index contributed by atoms with van der Waals surface area (Å²) in [5.41, 5.74) is 4.83. The smallest absolute Gasteiger partial charge is 0.115 e. The second kappa shape index (κ2) is 4.88. The molecule has 1 heteroatoms. The fraction of sp³-hybridized carbons (Fsp3) is 0.619. The highest BCUT2D eigenvalue weighted by Gasteiger charge is 2.54. The predicted octanol–water partition coefficient (Wildman–Crippen LogP) is 5.44. The number of benzene rings is 1. The summed E-state index contributed by atoms with van der Waals surface area (Å²) in [6.45, 7) is 9.08. The fourth-order valence-corrected chi connectivity index (χ4v) is 6.38. The monoisotopic (exact) mass is 296 g/mol. The molecule has 5 atom stereocenters. The third-order valence-electron chi connectivity index (χ3n) is 7.31. The molecule has 0 amide bonds. The van der Waals surface area contributed by atoms with E-state index in [2.05, 4.69) is 26.5 Å². The van der Waals surface area contributed by atoms with E-state index in [1.165, 1.54) is 48.8 Å². The molecular formula is C21H28O. The van der Waals surface area contributed by atoms with Crippen molar-refractivity contribution in [2.24, 2.45) is 23.2 Å². The highest BCUT2D eigenvalue weighted by atomic mass is 16.3. The van der Waals surface area contributed by atoms with E-state index in [4.69, 9.17) is 0 Å². The van der Waals surface area contributed by atoms with Gasteiger partial charge in [0.25, 0.3) is 0 Å². The van der Waals surface area contributed by atoms with Gasteiger partial charge in [-0.25, -0.2) is 0 Å². The topological polar surface area (TPSA) is 20.2 Å². The number of allylic oxidation sites excluding steroid dienone is 1. The fourth-order valence-electron chi connectivity index (χ4n) is 6.38. The van der Waals surface area contributed by atoms with Crippen LogP contribution in [0.25, 0.3) is 0 Å². The number of hydrogen-bond donors (Lipinski definition) is 1. The number of aromatic hydroxyl groups is 1. The van der Waals surface area contributed by atoms with E-state index in [1.54, 1.807) is 0 Å². The molecular weight excluding hydrogens is 268 g/mol. The van der Waals surface area contributed by atoms with E-state index in [-0.39, 0.29) is 0 Å². The summed E-state index contributed by atoms with van der Waals surface area (Å²) >= 11 is 0. The summed E-state index contributed by atoms with van der Waals surface area (Å²) < 4.78 is 0. The summed E-state index contributed by atoms with van der Waals surface area (Å²) in [4.78, 5) is 0. The molecule has 22 heavy (non-hydrogen) atoms. The molecule has 0 radical (unpaired) electrons. The lowest BCUT2D eigenvalue weighted by Crippen LogP contribution is -2.42. The van der Waals surface area contributed by atoms with Crippen LogP contribution in [0.2, 0.25) is 0 Å². The first-order valence-electron chi connectivity index (χ1n) is 8.98. The van der Waals surface area contributed by atoms with Crippen LogP contribution in [-0.2, 0) is 6.42 Å². The number of hydrogen-bond acceptors (Lipinski definition) is 1. The Morgan fingerprint density at radius 2 is 2.05 bits per heavy atom. The predicted molar refractivity (Wildman–Crippen MR) is 91.0 cm³/mol. The molecule has 0 aliphatic heterocycles. The summed E-state index contributed by atoms with van der Waals surface area (Å²) in [5.74, 6) is 3.61. The molecule has 118 valence electrons. The van der Waals surface area contributed by atoms with Gasteiger partial charge in [0, 0.05) is 0 Å². The molecule has 0 saturated heterocycles. The maximum atomic E-state index is 9.76. The first-order chi connectivity index (χ1) is 10.5. The van der Waals surface area contributed by atoms with E-state index in [0.717, 1.165) is 30.1 Å². The lowest BCUT2D eigenvalue weighted by molar-refractivity contribution is 0.0383. The molecule has 1 N–H and O–H groups in total. The van der Waals surface area contributed by atoms with Crippen molar-refractivity contribution in [1.82, 2.24) is 0 Å². The zero-order chi connectivity index (χ0) is 15.5. The van der Waals surface area contributed by atoms with Crippen molar-refractivity contribution in [2.75, 3.05) is 0 Å². The Morgan fingerprint density at radius 1 is 1.23 bits per heavy atom. The normalized spacial score (nSPS) is 39.7. The van der Waals surface area contributed by atoms with Gasteiger partial charge in [0.1, 0.15) is 5.75 Å². The van der Waals surface area contributed by atoms with Crippen LogP contribution in [0.15, 0.2) is 30.4 Å². The van der Waals surface area contributed by atoms with Gasteiger partial charge in [0.15, 0.2) is 0 Å². The molecule has 3 aliphatic carbocycles. The van der Waals surface area contributed by atoms with Crippen LogP contribution in [0.4, 0.5) is 0 Å². The van der Waals surface area contributed by atoms with E-state index < -0.39 is 0 Å². The van der Waals surface area contributed by atoms with Gasteiger partial charge in [0.2, 0.25) is 0 Å². The number of phenolic OH excluding ortho intramolecular Hbond substituents is 1. The average molecular weight is 296 g/mol. The van der Waals surface area contributed by atoms with Gasteiger partial charge in [-0.15, -0.1) is 0 Å². The van der Waals surface area contributed by atoms with Gasteiger partial charge in [-0.2, -0.15) is 0 Å². The van der Waals surface area contributed by atoms with Gasteiger partial charge in [0.05, 0.1) is 0 Å². The summed E-state index contributed by atoms with van der Waals surface area (Å²) in [6.07, 6.45) is 7.86. The molecule has 1 aromatic rings. The quantitative estimate of drug-likeness (QED) is 0.684. The first kappa shape index (κ1) is 14.4. The molecule has 2 saturated carbocycles. The number of rotatable bonds is 1. The molecule has 0 aromatic heterocycles.